The lowest BCUT2D eigenvalue weighted by Gasteiger charge is -2.06. The Morgan fingerprint density at radius 1 is 1.21 bits per heavy atom. The van der Waals surface area contributed by atoms with Crippen molar-refractivity contribution in [1.82, 2.24) is 14.9 Å². The van der Waals surface area contributed by atoms with Gasteiger partial charge >= 0.3 is 6.18 Å². The Balaban J connectivity index is 2.00. The molecule has 5 nitrogen and oxygen atoms in total. The van der Waals surface area contributed by atoms with E-state index in [1.807, 2.05) is 6.92 Å². The number of pyridine rings is 1. The maximum absolute atomic E-state index is 13.3. The Morgan fingerprint density at radius 2 is 1.89 bits per heavy atom. The Hall–Kier alpha value is -2.94. The van der Waals surface area contributed by atoms with Crippen LogP contribution >= 0.6 is 11.3 Å². The summed E-state index contributed by atoms with van der Waals surface area (Å²) in [6.45, 7) is 3.64. The number of nitrogens with zero attached hydrogens (tertiary/aromatic N) is 2. The molecule has 0 fully saturated rings. The summed E-state index contributed by atoms with van der Waals surface area (Å²) in [7, 11) is 0. The number of benzene rings is 1. The minimum absolute atomic E-state index is 0.0800. The fourth-order valence-corrected chi connectivity index (χ4v) is 3.59. The number of carbonyl (C=O) groups excluding carboxylic acids is 1. The van der Waals surface area contributed by atoms with Crippen molar-refractivity contribution < 1.29 is 18.0 Å². The first kappa shape index (κ1) is 19.8. The second-order valence-electron chi connectivity index (χ2n) is 6.01. The molecule has 0 spiro atoms. The molecule has 0 bridgehead atoms. The van der Waals surface area contributed by atoms with Crippen LogP contribution in [-0.4, -0.2) is 22.0 Å². The number of aryl methyl sites for hydroxylation is 1. The monoisotopic (exact) mass is 407 g/mol. The summed E-state index contributed by atoms with van der Waals surface area (Å²) in [4.78, 5) is 27.2. The highest BCUT2D eigenvalue weighted by Gasteiger charge is 2.39. The maximum Gasteiger partial charge on any atom is 0.435 e. The topological polar surface area (TPSA) is 64.0 Å². The van der Waals surface area contributed by atoms with Crippen molar-refractivity contribution in [3.8, 4) is 16.3 Å². The zero-order valence-electron chi connectivity index (χ0n) is 15.0. The minimum atomic E-state index is -4.73. The van der Waals surface area contributed by atoms with Crippen molar-refractivity contribution >= 4 is 17.2 Å². The third-order valence-electron chi connectivity index (χ3n) is 3.91. The number of rotatable bonds is 4. The van der Waals surface area contributed by atoms with Crippen LogP contribution in [-0.2, 0) is 6.18 Å². The first-order valence-corrected chi connectivity index (χ1v) is 9.18. The molecule has 0 aliphatic carbocycles. The predicted octanol–water partition coefficient (Wildman–Crippen LogP) is 4.04. The highest BCUT2D eigenvalue weighted by molar-refractivity contribution is 7.17. The van der Waals surface area contributed by atoms with Crippen LogP contribution in [0.2, 0.25) is 0 Å². The molecule has 3 rings (SSSR count). The number of thiazole rings is 1. The average molecular weight is 407 g/mol. The second-order valence-corrected chi connectivity index (χ2v) is 7.01. The third-order valence-corrected chi connectivity index (χ3v) is 5.01. The van der Waals surface area contributed by atoms with E-state index in [0.717, 1.165) is 5.56 Å². The van der Waals surface area contributed by atoms with Crippen LogP contribution in [0.15, 0.2) is 47.4 Å². The second kappa shape index (κ2) is 7.59. The van der Waals surface area contributed by atoms with Gasteiger partial charge in [-0.3, -0.25) is 14.2 Å². The molecule has 146 valence electrons. The number of nitrogens with one attached hydrogen (secondary N) is 1. The molecule has 0 saturated carbocycles. The molecule has 1 aromatic carbocycles. The van der Waals surface area contributed by atoms with E-state index in [9.17, 15) is 22.8 Å². The molecular formula is C19H16F3N3O2S. The van der Waals surface area contributed by atoms with E-state index in [4.69, 9.17) is 0 Å². The molecule has 2 heterocycles. The van der Waals surface area contributed by atoms with Gasteiger partial charge in [0, 0.05) is 30.1 Å². The molecule has 1 amide bonds. The summed E-state index contributed by atoms with van der Waals surface area (Å²) in [5.74, 6) is -0.804. The van der Waals surface area contributed by atoms with Gasteiger partial charge in [0.15, 0.2) is 5.69 Å². The standard InChI is InChI=1S/C19H16F3N3O2S/c1-3-23-17(27)15-16(19(20,21)22)24-18(28-15)12-4-6-13(7-5-12)25-9-8-11(2)10-14(25)26/h4-10H,3H2,1-2H3,(H,23,27). The lowest BCUT2D eigenvalue weighted by molar-refractivity contribution is -0.141. The molecule has 0 atom stereocenters. The molecule has 9 heteroatoms. The van der Waals surface area contributed by atoms with Gasteiger partial charge in [0.05, 0.1) is 0 Å². The third kappa shape index (κ3) is 3.99. The summed E-state index contributed by atoms with van der Waals surface area (Å²) in [5.41, 5.74) is 0.427. The van der Waals surface area contributed by atoms with Gasteiger partial charge in [0.1, 0.15) is 9.88 Å². The highest BCUT2D eigenvalue weighted by Crippen LogP contribution is 2.37. The highest BCUT2D eigenvalue weighted by atomic mass is 32.1. The lowest BCUT2D eigenvalue weighted by Crippen LogP contribution is -2.24. The molecule has 28 heavy (non-hydrogen) atoms. The molecule has 1 N–H and O–H groups in total. The van der Waals surface area contributed by atoms with E-state index in [0.29, 0.717) is 22.6 Å². The van der Waals surface area contributed by atoms with E-state index in [1.165, 1.54) is 10.6 Å². The Kier molecular flexibility index (Phi) is 5.37. The molecule has 0 radical (unpaired) electrons. The van der Waals surface area contributed by atoms with E-state index >= 15 is 0 Å². The average Bonchev–Trinajstić information content (AvgIpc) is 3.08. The van der Waals surface area contributed by atoms with Gasteiger partial charge in [-0.2, -0.15) is 13.2 Å². The largest absolute Gasteiger partial charge is 0.435 e. The zero-order chi connectivity index (χ0) is 20.5. The van der Waals surface area contributed by atoms with E-state index in [2.05, 4.69) is 10.3 Å². The number of halogens is 3. The fourth-order valence-electron chi connectivity index (χ4n) is 2.59. The van der Waals surface area contributed by atoms with Crippen molar-refractivity contribution in [3.63, 3.8) is 0 Å². The minimum Gasteiger partial charge on any atom is -0.352 e. The summed E-state index contributed by atoms with van der Waals surface area (Å²) in [5, 5.41) is 2.45. The van der Waals surface area contributed by atoms with E-state index in [-0.39, 0.29) is 17.1 Å². The molecule has 2 aromatic heterocycles. The van der Waals surface area contributed by atoms with Crippen LogP contribution in [0.25, 0.3) is 16.3 Å². The zero-order valence-corrected chi connectivity index (χ0v) is 15.8. The van der Waals surface area contributed by atoms with Crippen LogP contribution in [0.3, 0.4) is 0 Å². The predicted molar refractivity (Wildman–Crippen MR) is 101 cm³/mol. The summed E-state index contributed by atoms with van der Waals surface area (Å²) in [6.07, 6.45) is -3.10. The molecule has 0 aliphatic heterocycles. The van der Waals surface area contributed by atoms with Crippen LogP contribution in [0.4, 0.5) is 13.2 Å². The van der Waals surface area contributed by atoms with E-state index in [1.54, 1.807) is 43.5 Å². The van der Waals surface area contributed by atoms with Gasteiger partial charge < -0.3 is 5.32 Å². The Morgan fingerprint density at radius 3 is 2.46 bits per heavy atom. The van der Waals surface area contributed by atoms with Crippen LogP contribution in [0.5, 0.6) is 0 Å². The number of carbonyl (C=O) groups is 1. The first-order chi connectivity index (χ1) is 13.2. The molecule has 0 aliphatic rings. The number of amides is 1. The SMILES string of the molecule is CCNC(=O)c1sc(-c2ccc(-n3ccc(C)cc3=O)cc2)nc1C(F)(F)F. The molecule has 0 saturated heterocycles. The van der Waals surface area contributed by atoms with Crippen LogP contribution in [0, 0.1) is 6.92 Å². The van der Waals surface area contributed by atoms with Crippen molar-refractivity contribution in [1.29, 1.82) is 0 Å². The molecule has 3 aromatic rings. The number of hydrogen-bond donors (Lipinski definition) is 1. The summed E-state index contributed by atoms with van der Waals surface area (Å²) in [6, 6.07) is 9.65. The van der Waals surface area contributed by atoms with Crippen molar-refractivity contribution in [2.45, 2.75) is 20.0 Å². The number of alkyl halides is 3. The smallest absolute Gasteiger partial charge is 0.352 e. The molecular weight excluding hydrogens is 391 g/mol. The summed E-state index contributed by atoms with van der Waals surface area (Å²) >= 11 is 0.683. The van der Waals surface area contributed by atoms with Gasteiger partial charge in [0.2, 0.25) is 0 Å². The van der Waals surface area contributed by atoms with Crippen molar-refractivity contribution in [2.75, 3.05) is 6.54 Å². The number of aromatic nitrogens is 2. The van der Waals surface area contributed by atoms with Gasteiger partial charge in [-0.25, -0.2) is 4.98 Å². The van der Waals surface area contributed by atoms with Crippen molar-refractivity contribution in [3.05, 3.63) is 69.1 Å². The fraction of sp³-hybridized carbons (Fsp3) is 0.211. The lowest BCUT2D eigenvalue weighted by atomic mass is 10.2. The maximum atomic E-state index is 13.3. The quantitative estimate of drug-likeness (QED) is 0.710. The van der Waals surface area contributed by atoms with Crippen LogP contribution < -0.4 is 10.9 Å². The first-order valence-electron chi connectivity index (χ1n) is 8.37. The van der Waals surface area contributed by atoms with Gasteiger partial charge in [-0.15, -0.1) is 11.3 Å². The summed E-state index contributed by atoms with van der Waals surface area (Å²) < 4.78 is 41.2. The normalized spacial score (nSPS) is 11.5. The number of hydrogen-bond acceptors (Lipinski definition) is 4. The van der Waals surface area contributed by atoms with E-state index < -0.39 is 22.7 Å². The van der Waals surface area contributed by atoms with Gasteiger partial charge in [-0.05, 0) is 49.7 Å². The van der Waals surface area contributed by atoms with Crippen LogP contribution in [0.1, 0.15) is 27.9 Å². The Bertz CT molecular complexity index is 1070. The van der Waals surface area contributed by atoms with Crippen molar-refractivity contribution in [2.24, 2.45) is 0 Å². The Labute approximate surface area is 162 Å². The van der Waals surface area contributed by atoms with Gasteiger partial charge in [0.25, 0.3) is 11.5 Å². The molecule has 0 unspecified atom stereocenters. The van der Waals surface area contributed by atoms with Gasteiger partial charge in [-0.1, -0.05) is 0 Å².